The molecule has 0 radical (unpaired) electrons. The Hall–Kier alpha value is -3.45. The molecule has 2 aliphatic rings. The lowest BCUT2D eigenvalue weighted by Crippen LogP contribution is -2.33. The average molecular weight is 516 g/mol. The molecule has 2 heterocycles. The monoisotopic (exact) mass is 515 g/mol. The molecule has 1 atom stereocenters. The number of benzene rings is 1. The van der Waals surface area contributed by atoms with Crippen molar-refractivity contribution in [1.29, 1.82) is 0 Å². The molecule has 1 saturated carbocycles. The highest BCUT2D eigenvalue weighted by molar-refractivity contribution is 6.03. The fourth-order valence-corrected chi connectivity index (χ4v) is 4.59. The maximum Gasteiger partial charge on any atom is 0.326 e. The number of nitrogens with zero attached hydrogens (tertiary/aromatic N) is 1. The van der Waals surface area contributed by atoms with Crippen LogP contribution in [0.5, 0.6) is 11.6 Å². The van der Waals surface area contributed by atoms with E-state index in [2.05, 4.69) is 22.1 Å². The van der Waals surface area contributed by atoms with Crippen LogP contribution < -0.4 is 20.5 Å². The summed E-state index contributed by atoms with van der Waals surface area (Å²) >= 11 is 0. The number of amides is 2. The van der Waals surface area contributed by atoms with Crippen LogP contribution in [0.25, 0.3) is 10.8 Å². The van der Waals surface area contributed by atoms with Crippen molar-refractivity contribution in [3.8, 4) is 23.5 Å². The number of aliphatic hydroxyl groups is 1. The van der Waals surface area contributed by atoms with Crippen molar-refractivity contribution < 1.29 is 33.0 Å². The molecule has 2 fully saturated rings. The standard InChI is InChI=1S/C27H31F2N3O5/c1-15(2)37-22-11-20-19(10-21(22)23(30)33)17(5-4-16-6-8-26(3,35)9-7-16)13-31-24(20)36-14-18-12-27(28,29)25(34)32-18/h10-11,13,15-16,18,35H,6-9,12,14H2,1-3H3,(H2,30,33)(H,32,34)/t16?,18-,26?/m0/s1. The number of hydrogen-bond donors (Lipinski definition) is 3. The average Bonchev–Trinajstić information content (AvgIpc) is 3.07. The first-order valence-corrected chi connectivity index (χ1v) is 12.3. The van der Waals surface area contributed by atoms with Crippen molar-refractivity contribution in [1.82, 2.24) is 10.3 Å². The van der Waals surface area contributed by atoms with Gasteiger partial charge in [-0.25, -0.2) is 4.98 Å². The number of pyridine rings is 1. The van der Waals surface area contributed by atoms with E-state index >= 15 is 0 Å². The van der Waals surface area contributed by atoms with Crippen molar-refractivity contribution in [3.05, 3.63) is 29.5 Å². The first kappa shape index (κ1) is 26.6. The number of ether oxygens (including phenoxy) is 2. The van der Waals surface area contributed by atoms with Crippen molar-refractivity contribution in [2.24, 2.45) is 11.7 Å². The summed E-state index contributed by atoms with van der Waals surface area (Å²) in [5, 5.41) is 13.4. The van der Waals surface area contributed by atoms with Gasteiger partial charge in [-0.05, 0) is 58.6 Å². The fourth-order valence-electron chi connectivity index (χ4n) is 4.59. The minimum absolute atomic E-state index is 0.109. The van der Waals surface area contributed by atoms with Gasteiger partial charge in [-0.2, -0.15) is 8.78 Å². The van der Waals surface area contributed by atoms with E-state index in [1.54, 1.807) is 26.0 Å². The quantitative estimate of drug-likeness (QED) is 0.507. The van der Waals surface area contributed by atoms with Crippen molar-refractivity contribution in [2.45, 2.75) is 76.5 Å². The van der Waals surface area contributed by atoms with Crippen LogP contribution in [0.4, 0.5) is 8.78 Å². The predicted molar refractivity (Wildman–Crippen MR) is 132 cm³/mol. The van der Waals surface area contributed by atoms with Crippen LogP contribution in [-0.2, 0) is 4.79 Å². The van der Waals surface area contributed by atoms with Crippen LogP contribution in [0.1, 0.15) is 68.8 Å². The molecule has 2 amide bonds. The Kier molecular flexibility index (Phi) is 7.29. The molecule has 8 nitrogen and oxygen atoms in total. The zero-order valence-corrected chi connectivity index (χ0v) is 21.1. The molecule has 1 saturated heterocycles. The molecule has 37 heavy (non-hydrogen) atoms. The zero-order valence-electron chi connectivity index (χ0n) is 21.1. The Balaban J connectivity index is 1.70. The first-order valence-electron chi connectivity index (χ1n) is 12.3. The Labute approximate surface area is 213 Å². The van der Waals surface area contributed by atoms with Crippen LogP contribution in [0.2, 0.25) is 0 Å². The summed E-state index contributed by atoms with van der Waals surface area (Å²) in [6.07, 6.45) is 3.43. The van der Waals surface area contributed by atoms with Gasteiger partial charge in [-0.3, -0.25) is 9.59 Å². The smallest absolute Gasteiger partial charge is 0.326 e. The maximum atomic E-state index is 13.6. The molecular formula is C27H31F2N3O5. The summed E-state index contributed by atoms with van der Waals surface area (Å²) in [5.74, 6) is 1.44. The molecule has 1 aromatic carbocycles. The van der Waals surface area contributed by atoms with Crippen LogP contribution in [-0.4, -0.2) is 52.2 Å². The molecule has 0 unspecified atom stereocenters. The van der Waals surface area contributed by atoms with E-state index in [0.29, 0.717) is 29.2 Å². The second-order valence-corrected chi connectivity index (χ2v) is 10.3. The molecule has 2 aromatic rings. The van der Waals surface area contributed by atoms with Gasteiger partial charge in [-0.1, -0.05) is 11.8 Å². The van der Waals surface area contributed by atoms with Gasteiger partial charge in [0.2, 0.25) is 5.88 Å². The number of primary amides is 1. The van der Waals surface area contributed by atoms with Crippen LogP contribution in [0, 0.1) is 17.8 Å². The highest BCUT2D eigenvalue weighted by Gasteiger charge is 2.48. The van der Waals surface area contributed by atoms with Crippen LogP contribution in [0.15, 0.2) is 18.3 Å². The van der Waals surface area contributed by atoms with Crippen LogP contribution in [0.3, 0.4) is 0 Å². The van der Waals surface area contributed by atoms with Gasteiger partial charge in [0.1, 0.15) is 12.4 Å². The van der Waals surface area contributed by atoms with Crippen molar-refractivity contribution >= 4 is 22.6 Å². The normalized spacial score (nSPS) is 24.9. The minimum Gasteiger partial charge on any atom is -0.490 e. The topological polar surface area (TPSA) is 124 Å². The van der Waals surface area contributed by atoms with Crippen molar-refractivity contribution in [2.75, 3.05) is 6.61 Å². The van der Waals surface area contributed by atoms with Gasteiger partial charge in [0.15, 0.2) is 0 Å². The zero-order chi connectivity index (χ0) is 27.0. The van der Waals surface area contributed by atoms with E-state index in [-0.39, 0.29) is 35.8 Å². The SMILES string of the molecule is CC(C)Oc1cc2c(OC[C@@H]3CC(F)(F)C(=O)N3)ncc(C#CC3CCC(C)(O)CC3)c2cc1C(N)=O. The molecule has 1 aromatic heterocycles. The fraction of sp³-hybridized carbons (Fsp3) is 0.519. The Morgan fingerprint density at radius 1 is 1.30 bits per heavy atom. The molecule has 1 aliphatic carbocycles. The second-order valence-electron chi connectivity index (χ2n) is 10.3. The number of hydrogen-bond acceptors (Lipinski definition) is 6. The molecule has 4 N–H and O–H groups in total. The van der Waals surface area contributed by atoms with E-state index in [1.165, 1.54) is 6.20 Å². The third kappa shape index (κ3) is 6.10. The van der Waals surface area contributed by atoms with Gasteiger partial charge < -0.3 is 25.6 Å². The molecule has 1 aliphatic heterocycles. The lowest BCUT2D eigenvalue weighted by molar-refractivity contribution is -0.139. The lowest BCUT2D eigenvalue weighted by atomic mass is 9.80. The van der Waals surface area contributed by atoms with E-state index in [1.807, 2.05) is 6.92 Å². The van der Waals surface area contributed by atoms with E-state index in [0.717, 1.165) is 12.8 Å². The third-order valence-corrected chi connectivity index (χ3v) is 6.64. The summed E-state index contributed by atoms with van der Waals surface area (Å²) in [4.78, 5) is 28.0. The Morgan fingerprint density at radius 3 is 2.59 bits per heavy atom. The number of carbonyl (C=O) groups is 2. The molecule has 10 heteroatoms. The predicted octanol–water partition coefficient (Wildman–Crippen LogP) is 3.32. The Morgan fingerprint density at radius 2 is 2.00 bits per heavy atom. The van der Waals surface area contributed by atoms with E-state index < -0.39 is 35.8 Å². The van der Waals surface area contributed by atoms with Gasteiger partial charge >= 0.3 is 5.92 Å². The lowest BCUT2D eigenvalue weighted by Gasteiger charge is -2.30. The molecule has 4 rings (SSSR count). The first-order chi connectivity index (χ1) is 17.3. The van der Waals surface area contributed by atoms with Gasteiger partial charge in [0.05, 0.1) is 28.9 Å². The summed E-state index contributed by atoms with van der Waals surface area (Å²) in [7, 11) is 0. The summed E-state index contributed by atoms with van der Waals surface area (Å²) in [5.41, 5.74) is 5.66. The van der Waals surface area contributed by atoms with Gasteiger partial charge in [0, 0.05) is 29.3 Å². The van der Waals surface area contributed by atoms with Gasteiger partial charge in [-0.15, -0.1) is 0 Å². The van der Waals surface area contributed by atoms with Crippen LogP contribution >= 0.6 is 0 Å². The summed E-state index contributed by atoms with van der Waals surface area (Å²) in [6.45, 7) is 5.22. The van der Waals surface area contributed by atoms with Gasteiger partial charge in [0.25, 0.3) is 11.8 Å². The Bertz CT molecular complexity index is 1270. The number of fused-ring (bicyclic) bond motifs is 1. The number of halogens is 2. The summed E-state index contributed by atoms with van der Waals surface area (Å²) < 4.78 is 38.8. The number of carbonyl (C=O) groups excluding carboxylic acids is 2. The minimum atomic E-state index is -3.44. The van der Waals surface area contributed by atoms with E-state index in [9.17, 15) is 23.5 Å². The highest BCUT2D eigenvalue weighted by Crippen LogP contribution is 2.35. The molecule has 0 bridgehead atoms. The second kappa shape index (κ2) is 10.1. The number of rotatable bonds is 6. The number of alkyl halides is 2. The summed E-state index contributed by atoms with van der Waals surface area (Å²) in [6, 6.07) is 2.28. The number of nitrogens with two attached hydrogens (primary N) is 1. The number of aromatic nitrogens is 1. The van der Waals surface area contributed by atoms with E-state index in [4.69, 9.17) is 15.2 Å². The molecular weight excluding hydrogens is 484 g/mol. The third-order valence-electron chi connectivity index (χ3n) is 6.64. The van der Waals surface area contributed by atoms with Crippen molar-refractivity contribution in [3.63, 3.8) is 0 Å². The number of nitrogens with one attached hydrogen (secondary N) is 1. The largest absolute Gasteiger partial charge is 0.490 e. The highest BCUT2D eigenvalue weighted by atomic mass is 19.3. The molecule has 198 valence electrons. The maximum absolute atomic E-state index is 13.6. The molecule has 0 spiro atoms.